The van der Waals surface area contributed by atoms with Crippen molar-refractivity contribution in [1.82, 2.24) is 19.9 Å². The molecule has 3 aromatic rings. The van der Waals surface area contributed by atoms with Crippen LogP contribution >= 0.6 is 11.3 Å². The van der Waals surface area contributed by atoms with Crippen LogP contribution in [0.2, 0.25) is 0 Å². The lowest BCUT2D eigenvalue weighted by molar-refractivity contribution is -0.276. The Morgan fingerprint density at radius 1 is 1.30 bits per heavy atom. The van der Waals surface area contributed by atoms with Crippen molar-refractivity contribution >= 4 is 17.2 Å². The first-order valence-corrected chi connectivity index (χ1v) is 10.7. The Labute approximate surface area is 190 Å². The lowest BCUT2D eigenvalue weighted by atomic mass is 10.3. The van der Waals surface area contributed by atoms with Crippen molar-refractivity contribution in [2.75, 3.05) is 13.1 Å². The fourth-order valence-electron chi connectivity index (χ4n) is 3.14. The van der Waals surface area contributed by atoms with Crippen LogP contribution in [0.5, 0.6) is 11.6 Å². The average Bonchev–Trinajstić information content (AvgIpc) is 3.51. The lowest BCUT2D eigenvalue weighted by Gasteiger charge is -2.15. The summed E-state index contributed by atoms with van der Waals surface area (Å²) in [7, 11) is 0. The van der Waals surface area contributed by atoms with Gasteiger partial charge in [-0.05, 0) is 19.4 Å². The van der Waals surface area contributed by atoms with E-state index in [1.54, 1.807) is 16.2 Å². The van der Waals surface area contributed by atoms with Crippen LogP contribution in [0.4, 0.5) is 13.2 Å². The van der Waals surface area contributed by atoms with Gasteiger partial charge in [-0.25, -0.2) is 15.0 Å². The van der Waals surface area contributed by atoms with Crippen LogP contribution in [0.3, 0.4) is 0 Å². The number of pyridine rings is 1. The van der Waals surface area contributed by atoms with Gasteiger partial charge in [-0.1, -0.05) is 0 Å². The maximum absolute atomic E-state index is 12.7. The maximum atomic E-state index is 12.7. The molecule has 1 atom stereocenters. The monoisotopic (exact) mass is 484 g/mol. The summed E-state index contributed by atoms with van der Waals surface area (Å²) in [4.78, 5) is 26.3. The molecule has 1 aliphatic heterocycles. The third-order valence-corrected chi connectivity index (χ3v) is 5.45. The number of alkyl halides is 3. The van der Waals surface area contributed by atoms with Crippen molar-refractivity contribution in [1.29, 1.82) is 0 Å². The largest absolute Gasteiger partial charge is 0.574 e. The third-order valence-electron chi connectivity index (χ3n) is 4.63. The second-order valence-corrected chi connectivity index (χ2v) is 8.19. The molecule has 9 nitrogen and oxygen atoms in total. The fourth-order valence-corrected chi connectivity index (χ4v) is 3.74. The number of amides is 1. The van der Waals surface area contributed by atoms with Crippen molar-refractivity contribution < 1.29 is 36.6 Å². The number of aryl methyl sites for hydroxylation is 1. The van der Waals surface area contributed by atoms with Gasteiger partial charge in [0.1, 0.15) is 12.0 Å². The maximum Gasteiger partial charge on any atom is 0.574 e. The number of oxazole rings is 1. The highest BCUT2D eigenvalue weighted by atomic mass is 32.1. The number of carbonyl (C=O) groups excluding carboxylic acids is 1. The molecule has 1 amide bonds. The summed E-state index contributed by atoms with van der Waals surface area (Å²) in [6.07, 6.45) is -1.87. The number of ether oxygens (including phenoxy) is 3. The van der Waals surface area contributed by atoms with Gasteiger partial charge >= 0.3 is 6.36 Å². The van der Waals surface area contributed by atoms with E-state index >= 15 is 0 Å². The molecule has 13 heteroatoms. The van der Waals surface area contributed by atoms with Gasteiger partial charge in [-0.3, -0.25) is 4.79 Å². The summed E-state index contributed by atoms with van der Waals surface area (Å²) in [5.74, 6) is -0.560. The predicted octanol–water partition coefficient (Wildman–Crippen LogP) is 3.74. The smallest absolute Gasteiger partial charge is 0.482 e. The number of likely N-dealkylation sites (tertiary alicyclic amines) is 1. The standard InChI is InChI=1S/C20H19F3N4O5S/c1-12-25-13(11-33-12)8-29-15-4-5-27(7-15)19(28)16-9-31-18(26-16)10-30-14-2-3-17(24-6-14)32-20(21,22)23/h2-3,6,9,11,15H,4-5,7-8,10H2,1H3. The van der Waals surface area contributed by atoms with E-state index in [9.17, 15) is 18.0 Å². The molecule has 0 aliphatic carbocycles. The van der Waals surface area contributed by atoms with Crippen LogP contribution in [0.15, 0.2) is 34.4 Å². The minimum Gasteiger partial charge on any atom is -0.482 e. The average molecular weight is 484 g/mol. The minimum atomic E-state index is -4.82. The van der Waals surface area contributed by atoms with Gasteiger partial charge < -0.3 is 23.5 Å². The topological polar surface area (TPSA) is 99.8 Å². The van der Waals surface area contributed by atoms with Gasteiger partial charge in [-0.15, -0.1) is 24.5 Å². The summed E-state index contributed by atoms with van der Waals surface area (Å²) in [5.41, 5.74) is 1.01. The zero-order chi connectivity index (χ0) is 23.4. The molecule has 1 fully saturated rings. The highest BCUT2D eigenvalue weighted by Gasteiger charge is 2.32. The Bertz CT molecular complexity index is 1090. The zero-order valence-corrected chi connectivity index (χ0v) is 18.2. The Hall–Kier alpha value is -3.19. The summed E-state index contributed by atoms with van der Waals surface area (Å²) >= 11 is 1.56. The molecule has 0 N–H and O–H groups in total. The van der Waals surface area contributed by atoms with Crippen molar-refractivity contribution in [2.24, 2.45) is 0 Å². The van der Waals surface area contributed by atoms with Crippen LogP contribution < -0.4 is 9.47 Å². The van der Waals surface area contributed by atoms with E-state index in [1.807, 2.05) is 12.3 Å². The summed E-state index contributed by atoms with van der Waals surface area (Å²) < 4.78 is 56.7. The normalized spacial score (nSPS) is 16.2. The van der Waals surface area contributed by atoms with Gasteiger partial charge in [0, 0.05) is 24.5 Å². The second kappa shape index (κ2) is 9.75. The zero-order valence-electron chi connectivity index (χ0n) is 17.4. The van der Waals surface area contributed by atoms with Gasteiger partial charge in [0.2, 0.25) is 11.8 Å². The first-order valence-electron chi connectivity index (χ1n) is 9.86. The summed E-state index contributed by atoms with van der Waals surface area (Å²) in [5, 5.41) is 2.93. The number of rotatable bonds is 8. The molecule has 3 aromatic heterocycles. The van der Waals surface area contributed by atoms with Crippen molar-refractivity contribution in [3.63, 3.8) is 0 Å². The van der Waals surface area contributed by atoms with E-state index in [-0.39, 0.29) is 36.0 Å². The van der Waals surface area contributed by atoms with E-state index in [1.165, 1.54) is 12.3 Å². The Kier molecular flexibility index (Phi) is 6.79. The third kappa shape index (κ3) is 6.42. The second-order valence-electron chi connectivity index (χ2n) is 7.13. The highest BCUT2D eigenvalue weighted by molar-refractivity contribution is 7.09. The first-order chi connectivity index (χ1) is 15.7. The molecular formula is C20H19F3N4O5S. The molecule has 0 bridgehead atoms. The number of thiazole rings is 1. The number of hydrogen-bond acceptors (Lipinski definition) is 9. The molecule has 0 radical (unpaired) electrons. The SMILES string of the molecule is Cc1nc(COC2CCN(C(=O)c3coc(COc4ccc(OC(F)(F)F)nc4)n3)C2)cs1. The van der Waals surface area contributed by atoms with Crippen molar-refractivity contribution in [3.05, 3.63) is 52.3 Å². The van der Waals surface area contributed by atoms with Gasteiger partial charge in [0.25, 0.3) is 5.91 Å². The highest BCUT2D eigenvalue weighted by Crippen LogP contribution is 2.23. The van der Waals surface area contributed by atoms with E-state index in [2.05, 4.69) is 19.7 Å². The van der Waals surface area contributed by atoms with Crippen molar-refractivity contribution in [2.45, 2.75) is 39.0 Å². The van der Waals surface area contributed by atoms with Gasteiger partial charge in [0.05, 0.1) is 29.6 Å². The van der Waals surface area contributed by atoms with E-state index in [0.717, 1.165) is 23.0 Å². The summed E-state index contributed by atoms with van der Waals surface area (Å²) in [6, 6.07) is 2.29. The molecule has 1 unspecified atom stereocenters. The molecule has 4 heterocycles. The fraction of sp³-hybridized carbons (Fsp3) is 0.400. The molecule has 1 aliphatic rings. The molecule has 0 spiro atoms. The van der Waals surface area contributed by atoms with Gasteiger partial charge in [0.15, 0.2) is 12.3 Å². The molecule has 33 heavy (non-hydrogen) atoms. The Balaban J connectivity index is 1.24. The van der Waals surface area contributed by atoms with Crippen LogP contribution in [-0.4, -0.2) is 51.3 Å². The molecule has 0 aromatic carbocycles. The molecule has 4 rings (SSSR count). The van der Waals surface area contributed by atoms with Gasteiger partial charge in [-0.2, -0.15) is 0 Å². The minimum absolute atomic E-state index is 0.0811. The van der Waals surface area contributed by atoms with Crippen LogP contribution in [0.25, 0.3) is 0 Å². The summed E-state index contributed by atoms with van der Waals surface area (Å²) in [6.45, 7) is 3.18. The van der Waals surface area contributed by atoms with Crippen LogP contribution in [0.1, 0.15) is 33.5 Å². The van der Waals surface area contributed by atoms with Crippen LogP contribution in [0, 0.1) is 6.92 Å². The predicted molar refractivity (Wildman–Crippen MR) is 108 cm³/mol. The Morgan fingerprint density at radius 3 is 2.85 bits per heavy atom. The number of nitrogens with zero attached hydrogens (tertiary/aromatic N) is 4. The lowest BCUT2D eigenvalue weighted by Crippen LogP contribution is -2.30. The van der Waals surface area contributed by atoms with E-state index in [4.69, 9.17) is 13.9 Å². The molecule has 1 saturated heterocycles. The molecular weight excluding hydrogens is 465 g/mol. The van der Waals surface area contributed by atoms with E-state index in [0.29, 0.717) is 26.1 Å². The quantitative estimate of drug-likeness (QED) is 0.477. The number of hydrogen-bond donors (Lipinski definition) is 0. The van der Waals surface area contributed by atoms with Crippen molar-refractivity contribution in [3.8, 4) is 11.6 Å². The Morgan fingerprint density at radius 2 is 2.15 bits per heavy atom. The van der Waals surface area contributed by atoms with Crippen LogP contribution in [-0.2, 0) is 18.0 Å². The molecule has 0 saturated carbocycles. The number of halogens is 3. The number of carbonyl (C=O) groups is 1. The first kappa shape index (κ1) is 23.0. The van der Waals surface area contributed by atoms with E-state index < -0.39 is 12.2 Å². The molecule has 176 valence electrons. The number of aromatic nitrogens is 3.